The molecule has 4 rings (SSSR count). The second kappa shape index (κ2) is 8.86. The Kier molecular flexibility index (Phi) is 6.46. The van der Waals surface area contributed by atoms with Gasteiger partial charge in [0.25, 0.3) is 0 Å². The van der Waals surface area contributed by atoms with Crippen molar-refractivity contribution >= 4 is 19.1 Å². The Morgan fingerprint density at radius 1 is 0.857 bits per heavy atom. The number of rotatable bonds is 4. The van der Waals surface area contributed by atoms with Crippen molar-refractivity contribution in [2.24, 2.45) is 10.4 Å². The predicted octanol–water partition coefficient (Wildman–Crippen LogP) is 6.98. The summed E-state index contributed by atoms with van der Waals surface area (Å²) in [6.07, 6.45) is 14.5. The summed E-state index contributed by atoms with van der Waals surface area (Å²) in [5.41, 5.74) is 3.34. The Hall–Kier alpha value is -0.880. The summed E-state index contributed by atoms with van der Waals surface area (Å²) in [6, 6.07) is 9.53. The van der Waals surface area contributed by atoms with Gasteiger partial charge in [-0.05, 0) is 47.9 Å². The second-order valence-electron chi connectivity index (χ2n) is 10.1. The van der Waals surface area contributed by atoms with Crippen molar-refractivity contribution < 1.29 is 4.74 Å². The zero-order valence-corrected chi connectivity index (χ0v) is 19.0. The van der Waals surface area contributed by atoms with Crippen LogP contribution in [0.2, 0.25) is 0 Å². The molecular formula is C25H38NOP. The lowest BCUT2D eigenvalue weighted by Gasteiger charge is -2.40. The molecule has 2 fully saturated rings. The van der Waals surface area contributed by atoms with Crippen LogP contribution < -0.4 is 5.30 Å². The topological polar surface area (TPSA) is 21.6 Å². The molecule has 0 spiro atoms. The molecule has 0 unspecified atom stereocenters. The van der Waals surface area contributed by atoms with E-state index >= 15 is 0 Å². The van der Waals surface area contributed by atoms with Crippen molar-refractivity contribution in [2.75, 3.05) is 6.61 Å². The molecule has 0 aromatic heterocycles. The second-order valence-corrected chi connectivity index (χ2v) is 12.8. The lowest BCUT2D eigenvalue weighted by Crippen LogP contribution is -2.28. The third kappa shape index (κ3) is 4.48. The van der Waals surface area contributed by atoms with Gasteiger partial charge >= 0.3 is 0 Å². The number of benzene rings is 1. The minimum atomic E-state index is -0.0962. The Labute approximate surface area is 173 Å². The minimum absolute atomic E-state index is 0.00116. The molecule has 2 aliphatic carbocycles. The van der Waals surface area contributed by atoms with Gasteiger partial charge in [0.15, 0.2) is 5.90 Å². The SMILES string of the molecule is CC(C)(C)C1=N[C@@H](c2ccccc2P(C2CCCCC2)C2CCCCC2)CO1. The van der Waals surface area contributed by atoms with Gasteiger partial charge in [-0.25, -0.2) is 4.99 Å². The summed E-state index contributed by atoms with van der Waals surface area (Å²) in [5.74, 6) is 0.937. The van der Waals surface area contributed by atoms with E-state index in [-0.39, 0.29) is 19.4 Å². The molecular weight excluding hydrogens is 361 g/mol. The van der Waals surface area contributed by atoms with Crippen LogP contribution in [0.3, 0.4) is 0 Å². The quantitative estimate of drug-likeness (QED) is 0.501. The van der Waals surface area contributed by atoms with E-state index in [2.05, 4.69) is 45.0 Å². The average Bonchev–Trinajstić information content (AvgIpc) is 3.21. The van der Waals surface area contributed by atoms with Crippen molar-refractivity contribution in [3.63, 3.8) is 0 Å². The average molecular weight is 400 g/mol. The first kappa shape index (κ1) is 20.4. The van der Waals surface area contributed by atoms with Crippen molar-refractivity contribution in [1.29, 1.82) is 0 Å². The maximum Gasteiger partial charge on any atom is 0.189 e. The first-order valence-corrected chi connectivity index (χ1v) is 13.1. The van der Waals surface area contributed by atoms with Crippen LogP contribution in [-0.2, 0) is 4.74 Å². The van der Waals surface area contributed by atoms with Gasteiger partial charge in [0.2, 0.25) is 0 Å². The molecule has 1 aliphatic heterocycles. The normalized spacial score (nSPS) is 25.0. The smallest absolute Gasteiger partial charge is 0.189 e. The molecule has 1 heterocycles. The summed E-state index contributed by atoms with van der Waals surface area (Å²) in [6.45, 7) is 7.34. The molecule has 3 aliphatic rings. The Morgan fingerprint density at radius 3 is 1.96 bits per heavy atom. The van der Waals surface area contributed by atoms with Crippen LogP contribution in [0.15, 0.2) is 29.3 Å². The largest absolute Gasteiger partial charge is 0.478 e. The highest BCUT2D eigenvalue weighted by atomic mass is 31.1. The van der Waals surface area contributed by atoms with Crippen molar-refractivity contribution in [3.05, 3.63) is 29.8 Å². The summed E-state index contributed by atoms with van der Waals surface area (Å²) in [4.78, 5) is 5.07. The predicted molar refractivity (Wildman–Crippen MR) is 122 cm³/mol. The Balaban J connectivity index is 1.68. The van der Waals surface area contributed by atoms with Gasteiger partial charge in [0.1, 0.15) is 12.6 Å². The van der Waals surface area contributed by atoms with E-state index in [9.17, 15) is 0 Å². The highest BCUT2D eigenvalue weighted by Crippen LogP contribution is 2.56. The summed E-state index contributed by atoms with van der Waals surface area (Å²) < 4.78 is 6.07. The molecule has 2 nitrogen and oxygen atoms in total. The van der Waals surface area contributed by atoms with Crippen LogP contribution >= 0.6 is 7.92 Å². The molecule has 0 amide bonds. The molecule has 1 aromatic carbocycles. The summed E-state index contributed by atoms with van der Waals surface area (Å²) in [7, 11) is -0.0962. The molecule has 0 N–H and O–H groups in total. The molecule has 1 atom stereocenters. The Bertz CT molecular complexity index is 662. The summed E-state index contributed by atoms with van der Waals surface area (Å²) >= 11 is 0. The zero-order valence-electron chi connectivity index (χ0n) is 18.1. The number of ether oxygens (including phenoxy) is 1. The van der Waals surface area contributed by atoms with E-state index in [1.54, 1.807) is 5.30 Å². The van der Waals surface area contributed by atoms with Gasteiger partial charge < -0.3 is 4.74 Å². The minimum Gasteiger partial charge on any atom is -0.478 e. The van der Waals surface area contributed by atoms with Gasteiger partial charge in [-0.15, -0.1) is 0 Å². The van der Waals surface area contributed by atoms with Crippen molar-refractivity contribution in [2.45, 2.75) is 102 Å². The molecule has 2 saturated carbocycles. The maximum atomic E-state index is 6.07. The van der Waals surface area contributed by atoms with Crippen LogP contribution in [0.1, 0.15) is 96.6 Å². The zero-order chi connectivity index (χ0) is 19.6. The van der Waals surface area contributed by atoms with Gasteiger partial charge in [0, 0.05) is 5.41 Å². The summed E-state index contributed by atoms with van der Waals surface area (Å²) in [5, 5.41) is 1.67. The molecule has 0 saturated heterocycles. The van der Waals surface area contributed by atoms with Gasteiger partial charge in [-0.1, -0.05) is 91.5 Å². The van der Waals surface area contributed by atoms with Crippen molar-refractivity contribution in [1.82, 2.24) is 0 Å². The third-order valence-electron chi connectivity index (χ3n) is 6.80. The highest BCUT2D eigenvalue weighted by Gasteiger charge is 2.36. The number of nitrogens with zero attached hydrogens (tertiary/aromatic N) is 1. The molecule has 28 heavy (non-hydrogen) atoms. The highest BCUT2D eigenvalue weighted by molar-refractivity contribution is 7.67. The van der Waals surface area contributed by atoms with Crippen LogP contribution in [0.5, 0.6) is 0 Å². The lowest BCUT2D eigenvalue weighted by molar-refractivity contribution is 0.283. The van der Waals surface area contributed by atoms with E-state index < -0.39 is 0 Å². The van der Waals surface area contributed by atoms with E-state index in [1.165, 1.54) is 69.8 Å². The fourth-order valence-electron chi connectivity index (χ4n) is 5.36. The third-order valence-corrected chi connectivity index (χ3v) is 10.4. The van der Waals surface area contributed by atoms with Crippen LogP contribution in [0.4, 0.5) is 0 Å². The van der Waals surface area contributed by atoms with Crippen LogP contribution in [0, 0.1) is 5.41 Å². The van der Waals surface area contributed by atoms with E-state index in [0.29, 0.717) is 0 Å². The molecule has 1 aromatic rings. The monoisotopic (exact) mass is 399 g/mol. The fourth-order valence-corrected chi connectivity index (χ4v) is 9.36. The first-order chi connectivity index (χ1) is 13.5. The first-order valence-electron chi connectivity index (χ1n) is 11.6. The molecule has 0 radical (unpaired) electrons. The van der Waals surface area contributed by atoms with Gasteiger partial charge in [-0.3, -0.25) is 0 Å². The maximum absolute atomic E-state index is 6.07. The standard InChI is InChI=1S/C25H38NOP/c1-25(2,3)24-26-22(18-27-24)21-16-10-11-17-23(21)28(19-12-6-4-7-13-19)20-14-8-5-9-15-20/h10-11,16-17,19-20,22H,4-9,12-15,18H2,1-3H3/t22-/m1/s1. The van der Waals surface area contributed by atoms with Crippen molar-refractivity contribution in [3.8, 4) is 0 Å². The Morgan fingerprint density at radius 2 is 1.43 bits per heavy atom. The number of aliphatic imine (C=N–C) groups is 1. The lowest BCUT2D eigenvalue weighted by atomic mass is 9.97. The van der Waals surface area contributed by atoms with E-state index in [4.69, 9.17) is 9.73 Å². The van der Waals surface area contributed by atoms with E-state index in [0.717, 1.165) is 23.8 Å². The number of hydrogen-bond donors (Lipinski definition) is 0. The fraction of sp³-hybridized carbons (Fsp3) is 0.720. The van der Waals surface area contributed by atoms with E-state index in [1.807, 2.05) is 0 Å². The number of hydrogen-bond acceptors (Lipinski definition) is 2. The van der Waals surface area contributed by atoms with Gasteiger partial charge in [-0.2, -0.15) is 0 Å². The van der Waals surface area contributed by atoms with Gasteiger partial charge in [0.05, 0.1) is 0 Å². The molecule has 154 valence electrons. The van der Waals surface area contributed by atoms with Crippen LogP contribution in [0.25, 0.3) is 0 Å². The molecule has 3 heteroatoms. The van der Waals surface area contributed by atoms with Crippen LogP contribution in [-0.4, -0.2) is 23.8 Å². The molecule has 0 bridgehead atoms.